The van der Waals surface area contributed by atoms with E-state index in [-0.39, 0.29) is 0 Å². The Morgan fingerprint density at radius 2 is 2.50 bits per heavy atom. The first-order valence-electron chi connectivity index (χ1n) is 4.02. The maximum Gasteiger partial charge on any atom is 0.0670 e. The van der Waals surface area contributed by atoms with E-state index in [2.05, 4.69) is 23.9 Å². The number of aliphatic imine (C=N–C) groups is 1. The van der Waals surface area contributed by atoms with E-state index in [1.165, 1.54) is 25.7 Å². The molecule has 1 nitrogen and oxygen atoms in total. The summed E-state index contributed by atoms with van der Waals surface area (Å²) in [6.45, 7) is 3.66. The first-order chi connectivity index (χ1) is 4.87. The minimum absolute atomic E-state index is 0.299. The number of hydrogen-bond donors (Lipinski definition) is 0. The second-order valence-electron chi connectivity index (χ2n) is 3.39. The molecule has 2 unspecified atom stereocenters. The molecular formula is C9H13N. The van der Waals surface area contributed by atoms with E-state index in [1.54, 1.807) is 0 Å². The van der Waals surface area contributed by atoms with Crippen LogP contribution in [0.4, 0.5) is 0 Å². The van der Waals surface area contributed by atoms with Crippen LogP contribution in [0.5, 0.6) is 0 Å². The summed E-state index contributed by atoms with van der Waals surface area (Å²) in [7, 11) is 0. The molecule has 0 aromatic heterocycles. The lowest BCUT2D eigenvalue weighted by atomic mass is 10.1. The Kier molecular flexibility index (Phi) is 1.19. The van der Waals surface area contributed by atoms with Gasteiger partial charge in [-0.05, 0) is 32.4 Å². The fourth-order valence-corrected chi connectivity index (χ4v) is 1.90. The zero-order chi connectivity index (χ0) is 7.03. The Morgan fingerprint density at radius 3 is 3.30 bits per heavy atom. The van der Waals surface area contributed by atoms with Gasteiger partial charge in [0.2, 0.25) is 0 Å². The molecule has 2 aliphatic rings. The van der Waals surface area contributed by atoms with Crippen LogP contribution in [-0.4, -0.2) is 12.3 Å². The third-order valence-corrected chi connectivity index (χ3v) is 2.77. The van der Waals surface area contributed by atoms with E-state index < -0.39 is 0 Å². The van der Waals surface area contributed by atoms with Crippen LogP contribution in [-0.2, 0) is 0 Å². The van der Waals surface area contributed by atoms with Crippen molar-refractivity contribution < 1.29 is 0 Å². The van der Waals surface area contributed by atoms with Crippen molar-refractivity contribution in [3.63, 3.8) is 0 Å². The quantitative estimate of drug-likeness (QED) is 0.386. The van der Waals surface area contributed by atoms with Crippen LogP contribution in [0, 0.1) is 5.92 Å². The van der Waals surface area contributed by atoms with Gasteiger partial charge < -0.3 is 0 Å². The number of hydrogen-bond acceptors (Lipinski definition) is 1. The Bertz CT molecular complexity index is 183. The zero-order valence-electron chi connectivity index (χ0n) is 6.21. The van der Waals surface area contributed by atoms with Gasteiger partial charge in [0.25, 0.3) is 0 Å². The number of nitrogens with zero attached hydrogens (tertiary/aromatic N) is 1. The largest absolute Gasteiger partial charge is 0.294 e. The van der Waals surface area contributed by atoms with Crippen molar-refractivity contribution in [1.82, 2.24) is 0 Å². The zero-order valence-corrected chi connectivity index (χ0v) is 6.21. The molecule has 0 radical (unpaired) electrons. The summed E-state index contributed by atoms with van der Waals surface area (Å²) in [4.78, 5) is 4.21. The van der Waals surface area contributed by atoms with Gasteiger partial charge in [-0.15, -0.1) is 0 Å². The molecule has 0 heterocycles. The van der Waals surface area contributed by atoms with E-state index >= 15 is 0 Å². The molecule has 0 aromatic rings. The summed E-state index contributed by atoms with van der Waals surface area (Å²) >= 11 is 0. The van der Waals surface area contributed by atoms with Crippen LogP contribution in [0.3, 0.4) is 0 Å². The minimum Gasteiger partial charge on any atom is -0.294 e. The second kappa shape index (κ2) is 1.94. The van der Waals surface area contributed by atoms with E-state index in [0.29, 0.717) is 5.54 Å². The predicted molar refractivity (Wildman–Crippen MR) is 43.4 cm³/mol. The van der Waals surface area contributed by atoms with Crippen molar-refractivity contribution >= 4 is 6.72 Å². The first kappa shape index (κ1) is 6.14. The summed E-state index contributed by atoms with van der Waals surface area (Å²) in [6, 6.07) is 0. The van der Waals surface area contributed by atoms with Gasteiger partial charge in [0.05, 0.1) is 5.54 Å². The molecule has 1 fully saturated rings. The Morgan fingerprint density at radius 1 is 1.60 bits per heavy atom. The van der Waals surface area contributed by atoms with Crippen molar-refractivity contribution in [3.05, 3.63) is 12.2 Å². The van der Waals surface area contributed by atoms with Gasteiger partial charge in [-0.25, -0.2) is 0 Å². The lowest BCUT2D eigenvalue weighted by molar-refractivity contribution is 0.573. The standard InChI is InChI=1S/C9H13N/c1-10-9-6-4-2-3-5-8(9)7-9/h3,5,8H,1-2,4,6-7H2. The molecular weight excluding hydrogens is 122 g/mol. The molecule has 2 aliphatic carbocycles. The van der Waals surface area contributed by atoms with Gasteiger partial charge in [-0.1, -0.05) is 12.2 Å². The highest BCUT2D eigenvalue weighted by atomic mass is 14.9. The van der Waals surface area contributed by atoms with Crippen LogP contribution in [0.2, 0.25) is 0 Å². The Hall–Kier alpha value is -0.590. The minimum atomic E-state index is 0.299. The van der Waals surface area contributed by atoms with Crippen LogP contribution >= 0.6 is 0 Å². The van der Waals surface area contributed by atoms with Gasteiger partial charge in [-0.2, -0.15) is 0 Å². The molecule has 1 saturated carbocycles. The van der Waals surface area contributed by atoms with E-state index in [1.807, 2.05) is 0 Å². The van der Waals surface area contributed by atoms with Gasteiger partial charge in [0, 0.05) is 5.92 Å². The third-order valence-electron chi connectivity index (χ3n) is 2.77. The van der Waals surface area contributed by atoms with Gasteiger partial charge in [0.15, 0.2) is 0 Å². The molecule has 0 saturated heterocycles. The molecule has 0 aromatic carbocycles. The van der Waals surface area contributed by atoms with E-state index in [9.17, 15) is 0 Å². The molecule has 10 heavy (non-hydrogen) atoms. The summed E-state index contributed by atoms with van der Waals surface area (Å²) in [5.41, 5.74) is 0.299. The van der Waals surface area contributed by atoms with E-state index in [0.717, 1.165) is 5.92 Å². The smallest absolute Gasteiger partial charge is 0.0670 e. The molecule has 54 valence electrons. The fraction of sp³-hybridized carbons (Fsp3) is 0.667. The fourth-order valence-electron chi connectivity index (χ4n) is 1.90. The van der Waals surface area contributed by atoms with Crippen molar-refractivity contribution in [3.8, 4) is 0 Å². The first-order valence-corrected chi connectivity index (χ1v) is 4.02. The van der Waals surface area contributed by atoms with Gasteiger partial charge in [0.1, 0.15) is 0 Å². The molecule has 0 aliphatic heterocycles. The molecule has 0 spiro atoms. The molecule has 2 rings (SSSR count). The summed E-state index contributed by atoms with van der Waals surface area (Å²) in [6.07, 6.45) is 9.67. The number of allylic oxidation sites excluding steroid dienone is 1. The number of fused-ring (bicyclic) bond motifs is 1. The molecule has 1 heteroatoms. The Labute approximate surface area is 61.9 Å². The number of rotatable bonds is 1. The second-order valence-corrected chi connectivity index (χ2v) is 3.39. The monoisotopic (exact) mass is 135 g/mol. The predicted octanol–water partition coefficient (Wildman–Crippen LogP) is 2.19. The van der Waals surface area contributed by atoms with Crippen molar-refractivity contribution in [2.45, 2.75) is 31.2 Å². The van der Waals surface area contributed by atoms with Crippen molar-refractivity contribution in [1.29, 1.82) is 0 Å². The van der Waals surface area contributed by atoms with Crippen LogP contribution in [0.25, 0.3) is 0 Å². The average molecular weight is 135 g/mol. The highest BCUT2D eigenvalue weighted by molar-refractivity contribution is 5.32. The average Bonchev–Trinajstić information content (AvgIpc) is 2.59. The summed E-state index contributed by atoms with van der Waals surface area (Å²) in [5, 5.41) is 0. The molecule has 0 N–H and O–H groups in total. The molecule has 0 amide bonds. The molecule has 2 atom stereocenters. The highest BCUT2D eigenvalue weighted by Gasteiger charge is 2.51. The van der Waals surface area contributed by atoms with Gasteiger partial charge >= 0.3 is 0 Å². The topological polar surface area (TPSA) is 12.4 Å². The maximum atomic E-state index is 4.21. The normalized spacial score (nSPS) is 43.8. The van der Waals surface area contributed by atoms with Crippen LogP contribution in [0.15, 0.2) is 17.1 Å². The Balaban J connectivity index is 2.15. The van der Waals surface area contributed by atoms with Crippen molar-refractivity contribution in [2.75, 3.05) is 0 Å². The lowest BCUT2D eigenvalue weighted by Crippen LogP contribution is -2.05. The SMILES string of the molecule is C=NC12CCCC=CC1C2. The summed E-state index contributed by atoms with van der Waals surface area (Å²) < 4.78 is 0. The van der Waals surface area contributed by atoms with E-state index in [4.69, 9.17) is 0 Å². The van der Waals surface area contributed by atoms with Crippen molar-refractivity contribution in [2.24, 2.45) is 10.9 Å². The lowest BCUT2D eigenvalue weighted by Gasteiger charge is -2.06. The molecule has 0 bridgehead atoms. The summed E-state index contributed by atoms with van der Waals surface area (Å²) in [5.74, 6) is 0.743. The van der Waals surface area contributed by atoms with Crippen LogP contribution < -0.4 is 0 Å². The van der Waals surface area contributed by atoms with Gasteiger partial charge in [-0.3, -0.25) is 4.99 Å². The third kappa shape index (κ3) is 0.731. The van der Waals surface area contributed by atoms with Crippen LogP contribution in [0.1, 0.15) is 25.7 Å². The highest BCUT2D eigenvalue weighted by Crippen LogP contribution is 2.52. The maximum absolute atomic E-state index is 4.21.